The van der Waals surface area contributed by atoms with Gasteiger partial charge in [0.25, 0.3) is 0 Å². The van der Waals surface area contributed by atoms with Gasteiger partial charge in [-0.15, -0.1) is 0 Å². The number of ether oxygens (including phenoxy) is 2. The SMILES string of the molecule is CCCOCC(CNC(=O)OCC1c2ccccc2-c2ccccc21)C(=O)O. The fourth-order valence-electron chi connectivity index (χ4n) is 3.44. The highest BCUT2D eigenvalue weighted by molar-refractivity contribution is 5.79. The van der Waals surface area contributed by atoms with E-state index in [1.165, 1.54) is 0 Å². The van der Waals surface area contributed by atoms with Crippen LogP contribution in [0.1, 0.15) is 30.4 Å². The average Bonchev–Trinajstić information content (AvgIpc) is 3.02. The first-order valence-corrected chi connectivity index (χ1v) is 9.51. The summed E-state index contributed by atoms with van der Waals surface area (Å²) in [6.07, 6.45) is 0.190. The Labute approximate surface area is 164 Å². The van der Waals surface area contributed by atoms with Crippen LogP contribution in [-0.2, 0) is 14.3 Å². The zero-order valence-corrected chi connectivity index (χ0v) is 15.9. The second kappa shape index (κ2) is 9.37. The van der Waals surface area contributed by atoms with Crippen LogP contribution in [0.25, 0.3) is 11.1 Å². The summed E-state index contributed by atoms with van der Waals surface area (Å²) in [6, 6.07) is 16.2. The van der Waals surface area contributed by atoms with Gasteiger partial charge in [0.05, 0.1) is 12.5 Å². The number of carbonyl (C=O) groups is 2. The molecule has 2 aromatic rings. The van der Waals surface area contributed by atoms with Gasteiger partial charge in [-0.25, -0.2) is 4.79 Å². The van der Waals surface area contributed by atoms with Crippen molar-refractivity contribution in [3.63, 3.8) is 0 Å². The minimum absolute atomic E-state index is 0.0266. The topological polar surface area (TPSA) is 84.9 Å². The van der Waals surface area contributed by atoms with Gasteiger partial charge in [-0.1, -0.05) is 55.5 Å². The zero-order valence-electron chi connectivity index (χ0n) is 15.9. The summed E-state index contributed by atoms with van der Waals surface area (Å²) < 4.78 is 10.7. The number of rotatable bonds is 9. The van der Waals surface area contributed by atoms with Crippen LogP contribution in [0.2, 0.25) is 0 Å². The summed E-state index contributed by atoms with van der Waals surface area (Å²) in [5.41, 5.74) is 4.58. The summed E-state index contributed by atoms with van der Waals surface area (Å²) in [7, 11) is 0. The smallest absolute Gasteiger partial charge is 0.407 e. The third-order valence-corrected chi connectivity index (χ3v) is 4.85. The first-order chi connectivity index (χ1) is 13.6. The van der Waals surface area contributed by atoms with Crippen molar-refractivity contribution in [2.24, 2.45) is 5.92 Å². The van der Waals surface area contributed by atoms with Gasteiger partial charge in [0, 0.05) is 19.1 Å². The van der Waals surface area contributed by atoms with E-state index in [4.69, 9.17) is 9.47 Å². The number of benzene rings is 2. The number of hydrogen-bond acceptors (Lipinski definition) is 4. The minimum atomic E-state index is -1.00. The number of nitrogens with one attached hydrogen (secondary N) is 1. The number of alkyl carbamates (subject to hydrolysis) is 1. The van der Waals surface area contributed by atoms with Crippen LogP contribution in [0, 0.1) is 5.92 Å². The van der Waals surface area contributed by atoms with Crippen molar-refractivity contribution in [1.29, 1.82) is 0 Å². The molecule has 0 fully saturated rings. The highest BCUT2D eigenvalue weighted by Crippen LogP contribution is 2.44. The van der Waals surface area contributed by atoms with Crippen LogP contribution in [0.5, 0.6) is 0 Å². The maximum absolute atomic E-state index is 12.1. The molecule has 0 aliphatic heterocycles. The number of hydrogen-bond donors (Lipinski definition) is 2. The number of carboxylic acid groups (broad SMARTS) is 1. The third-order valence-electron chi connectivity index (χ3n) is 4.85. The van der Waals surface area contributed by atoms with Crippen LogP contribution in [0.4, 0.5) is 4.79 Å². The summed E-state index contributed by atoms with van der Waals surface area (Å²) >= 11 is 0. The molecule has 0 heterocycles. The highest BCUT2D eigenvalue weighted by Gasteiger charge is 2.29. The van der Waals surface area contributed by atoms with E-state index in [9.17, 15) is 14.7 Å². The van der Waals surface area contributed by atoms with Gasteiger partial charge in [-0.3, -0.25) is 4.79 Å². The van der Waals surface area contributed by atoms with Crippen molar-refractivity contribution in [3.8, 4) is 11.1 Å². The minimum Gasteiger partial charge on any atom is -0.481 e. The predicted molar refractivity (Wildman–Crippen MR) is 105 cm³/mol. The molecule has 0 saturated heterocycles. The van der Waals surface area contributed by atoms with Crippen molar-refractivity contribution in [1.82, 2.24) is 5.32 Å². The molecule has 148 valence electrons. The molecule has 0 aromatic heterocycles. The highest BCUT2D eigenvalue weighted by atomic mass is 16.5. The fraction of sp³-hybridized carbons (Fsp3) is 0.364. The monoisotopic (exact) mass is 383 g/mol. The van der Waals surface area contributed by atoms with Crippen LogP contribution in [-0.4, -0.2) is 43.5 Å². The molecule has 1 amide bonds. The lowest BCUT2D eigenvalue weighted by atomic mass is 9.98. The predicted octanol–water partition coefficient (Wildman–Crippen LogP) is 3.65. The molecule has 0 bridgehead atoms. The van der Waals surface area contributed by atoms with Gasteiger partial charge >= 0.3 is 12.1 Å². The van der Waals surface area contributed by atoms with E-state index in [2.05, 4.69) is 17.4 Å². The Balaban J connectivity index is 1.57. The van der Waals surface area contributed by atoms with Gasteiger partial charge in [-0.2, -0.15) is 0 Å². The summed E-state index contributed by atoms with van der Waals surface area (Å²) in [5.74, 6) is -1.83. The second-order valence-electron chi connectivity index (χ2n) is 6.82. The zero-order chi connectivity index (χ0) is 19.9. The first-order valence-electron chi connectivity index (χ1n) is 9.51. The van der Waals surface area contributed by atoms with Gasteiger partial charge in [0.2, 0.25) is 0 Å². The molecule has 6 heteroatoms. The maximum Gasteiger partial charge on any atom is 0.407 e. The second-order valence-corrected chi connectivity index (χ2v) is 6.82. The standard InChI is InChI=1S/C22H25NO5/c1-2-11-27-13-15(21(24)25)12-23-22(26)28-14-20-18-9-5-3-7-16(18)17-8-4-6-10-19(17)20/h3-10,15,20H,2,11-14H2,1H3,(H,23,26)(H,24,25). The van der Waals surface area contributed by atoms with Gasteiger partial charge in [0.1, 0.15) is 6.61 Å². The number of amides is 1. The molecule has 1 unspecified atom stereocenters. The number of fused-ring (bicyclic) bond motifs is 3. The van der Waals surface area contributed by atoms with Crippen molar-refractivity contribution >= 4 is 12.1 Å². The van der Waals surface area contributed by atoms with Crippen molar-refractivity contribution in [2.75, 3.05) is 26.4 Å². The largest absolute Gasteiger partial charge is 0.481 e. The number of aliphatic carboxylic acids is 1. The Morgan fingerprint density at radius 1 is 1.07 bits per heavy atom. The van der Waals surface area contributed by atoms with E-state index in [-0.39, 0.29) is 25.7 Å². The van der Waals surface area contributed by atoms with Crippen molar-refractivity contribution < 1.29 is 24.2 Å². The van der Waals surface area contributed by atoms with Crippen molar-refractivity contribution in [2.45, 2.75) is 19.3 Å². The Morgan fingerprint density at radius 2 is 1.68 bits per heavy atom. The van der Waals surface area contributed by atoms with Crippen molar-refractivity contribution in [3.05, 3.63) is 59.7 Å². The molecule has 6 nitrogen and oxygen atoms in total. The molecule has 1 atom stereocenters. The van der Waals surface area contributed by atoms with Crippen LogP contribution < -0.4 is 5.32 Å². The molecular weight excluding hydrogens is 358 g/mol. The average molecular weight is 383 g/mol. The summed E-state index contributed by atoms with van der Waals surface area (Å²) in [4.78, 5) is 23.4. The molecule has 2 N–H and O–H groups in total. The normalized spacial score (nSPS) is 13.5. The van der Waals surface area contributed by atoms with E-state index in [0.29, 0.717) is 6.61 Å². The van der Waals surface area contributed by atoms with E-state index in [1.54, 1.807) is 0 Å². The lowest BCUT2D eigenvalue weighted by Gasteiger charge is -2.16. The quantitative estimate of drug-likeness (QED) is 0.646. The van der Waals surface area contributed by atoms with Gasteiger partial charge < -0.3 is 19.9 Å². The van der Waals surface area contributed by atoms with E-state index in [0.717, 1.165) is 28.7 Å². The number of carboxylic acids is 1. The molecule has 3 rings (SSSR count). The van der Waals surface area contributed by atoms with Gasteiger partial charge in [0.15, 0.2) is 0 Å². The van der Waals surface area contributed by atoms with Crippen LogP contribution in [0.15, 0.2) is 48.5 Å². The molecular formula is C22H25NO5. The van der Waals surface area contributed by atoms with E-state index < -0.39 is 18.0 Å². The maximum atomic E-state index is 12.1. The summed E-state index contributed by atoms with van der Waals surface area (Å²) in [6.45, 7) is 2.67. The Kier molecular flexibility index (Phi) is 6.66. The van der Waals surface area contributed by atoms with Gasteiger partial charge in [-0.05, 0) is 28.7 Å². The number of carbonyl (C=O) groups excluding carboxylic acids is 1. The van der Waals surface area contributed by atoms with E-state index in [1.807, 2.05) is 43.3 Å². The lowest BCUT2D eigenvalue weighted by molar-refractivity contribution is -0.143. The van der Waals surface area contributed by atoms with Crippen LogP contribution >= 0.6 is 0 Å². The first kappa shape index (κ1) is 19.9. The lowest BCUT2D eigenvalue weighted by Crippen LogP contribution is -2.36. The fourth-order valence-corrected chi connectivity index (χ4v) is 3.44. The molecule has 2 aromatic carbocycles. The third kappa shape index (κ3) is 4.51. The molecule has 28 heavy (non-hydrogen) atoms. The Hall–Kier alpha value is -2.86. The Bertz CT molecular complexity index is 790. The molecule has 1 aliphatic carbocycles. The molecule has 1 aliphatic rings. The Morgan fingerprint density at radius 3 is 2.25 bits per heavy atom. The summed E-state index contributed by atoms with van der Waals surface area (Å²) in [5, 5.41) is 11.8. The van der Waals surface area contributed by atoms with Crippen LogP contribution in [0.3, 0.4) is 0 Å². The van der Waals surface area contributed by atoms with E-state index >= 15 is 0 Å². The molecule has 0 saturated carbocycles. The molecule has 0 spiro atoms. The molecule has 0 radical (unpaired) electrons.